The minimum absolute atomic E-state index is 0.100. The van der Waals surface area contributed by atoms with Gasteiger partial charge in [-0.15, -0.1) is 0 Å². The van der Waals surface area contributed by atoms with Crippen LogP contribution >= 0.6 is 0 Å². The fraction of sp³-hybridized carbons (Fsp3) is 0.407. The molecule has 182 valence electrons. The van der Waals surface area contributed by atoms with Crippen molar-refractivity contribution in [1.82, 2.24) is 14.5 Å². The van der Waals surface area contributed by atoms with Crippen molar-refractivity contribution in [3.8, 4) is 0 Å². The molecule has 0 aliphatic carbocycles. The lowest BCUT2D eigenvalue weighted by atomic mass is 9.92. The molecule has 8 heteroatoms. The maximum Gasteiger partial charge on any atom is 0.294 e. The summed E-state index contributed by atoms with van der Waals surface area (Å²) in [7, 11) is 0. The second kappa shape index (κ2) is 9.90. The Labute approximate surface area is 204 Å². The zero-order valence-electron chi connectivity index (χ0n) is 19.8. The van der Waals surface area contributed by atoms with Crippen LogP contribution in [0.4, 0.5) is 5.82 Å². The molecule has 35 heavy (non-hydrogen) atoms. The van der Waals surface area contributed by atoms with Gasteiger partial charge < -0.3 is 15.5 Å². The number of amides is 2. The van der Waals surface area contributed by atoms with E-state index in [0.717, 1.165) is 29.4 Å². The Bertz CT molecular complexity index is 1280. The van der Waals surface area contributed by atoms with Crippen LogP contribution in [0.1, 0.15) is 31.2 Å². The van der Waals surface area contributed by atoms with Crippen molar-refractivity contribution in [3.63, 3.8) is 0 Å². The van der Waals surface area contributed by atoms with Gasteiger partial charge in [0.25, 0.3) is 5.56 Å². The van der Waals surface area contributed by atoms with Gasteiger partial charge in [-0.1, -0.05) is 42.5 Å². The molecule has 0 spiro atoms. The standard InChI is InChI=1S/C27H31N5O3/c28-24(33)20-12-15-30(16-13-20)26(34)21-9-6-14-31(18-21)25-27(35)32(17-19-7-2-1-3-8-19)23-11-5-4-10-22(23)29-25/h1-5,7-8,10-11,20-21H,6,9,12-18H2,(H2,28,33)/t21-/m1/s1. The normalized spacial score (nSPS) is 19.1. The van der Waals surface area contributed by atoms with Crippen LogP contribution in [0.25, 0.3) is 11.0 Å². The van der Waals surface area contributed by atoms with Crippen LogP contribution in [-0.2, 0) is 16.1 Å². The molecule has 3 aromatic rings. The van der Waals surface area contributed by atoms with E-state index in [2.05, 4.69) is 0 Å². The lowest BCUT2D eigenvalue weighted by Gasteiger charge is -2.37. The molecule has 0 radical (unpaired) electrons. The zero-order chi connectivity index (χ0) is 24.4. The summed E-state index contributed by atoms with van der Waals surface area (Å²) < 4.78 is 1.78. The third kappa shape index (κ3) is 4.78. The van der Waals surface area contributed by atoms with Crippen LogP contribution in [-0.4, -0.2) is 52.4 Å². The molecule has 5 rings (SSSR count). The largest absolute Gasteiger partial charge is 0.369 e. The lowest BCUT2D eigenvalue weighted by Crippen LogP contribution is -2.49. The van der Waals surface area contributed by atoms with Crippen molar-refractivity contribution in [2.75, 3.05) is 31.1 Å². The maximum atomic E-state index is 13.7. The summed E-state index contributed by atoms with van der Waals surface area (Å²) in [6.45, 7) is 2.74. The number of nitrogens with two attached hydrogens (primary N) is 1. The average Bonchev–Trinajstić information content (AvgIpc) is 2.90. The van der Waals surface area contributed by atoms with Gasteiger partial charge >= 0.3 is 0 Å². The van der Waals surface area contributed by atoms with Crippen molar-refractivity contribution in [2.24, 2.45) is 17.6 Å². The predicted molar refractivity (Wildman–Crippen MR) is 135 cm³/mol. The Morgan fingerprint density at radius 1 is 0.914 bits per heavy atom. The number of fused-ring (bicyclic) bond motifs is 1. The number of carbonyl (C=O) groups is 2. The molecule has 1 aromatic heterocycles. The quantitative estimate of drug-likeness (QED) is 0.613. The summed E-state index contributed by atoms with van der Waals surface area (Å²) in [5, 5.41) is 0. The Balaban J connectivity index is 1.40. The smallest absolute Gasteiger partial charge is 0.294 e. The third-order valence-electron chi connectivity index (χ3n) is 7.30. The van der Waals surface area contributed by atoms with Gasteiger partial charge in [0, 0.05) is 32.1 Å². The van der Waals surface area contributed by atoms with Gasteiger partial charge in [-0.25, -0.2) is 4.98 Å². The SMILES string of the molecule is NC(=O)C1CCN(C(=O)[C@@H]2CCCN(c3nc4ccccc4n(Cc4ccccc4)c3=O)C2)CC1. The van der Waals surface area contributed by atoms with Crippen molar-refractivity contribution in [2.45, 2.75) is 32.2 Å². The van der Waals surface area contributed by atoms with E-state index >= 15 is 0 Å². The number of carbonyl (C=O) groups excluding carboxylic acids is 2. The highest BCUT2D eigenvalue weighted by atomic mass is 16.2. The summed E-state index contributed by atoms with van der Waals surface area (Å²) >= 11 is 0. The molecule has 2 amide bonds. The minimum Gasteiger partial charge on any atom is -0.369 e. The topological polar surface area (TPSA) is 102 Å². The minimum atomic E-state index is -0.282. The summed E-state index contributed by atoms with van der Waals surface area (Å²) in [4.78, 5) is 47.0. The fourth-order valence-electron chi connectivity index (χ4n) is 5.32. The summed E-state index contributed by atoms with van der Waals surface area (Å²) in [5.41, 5.74) is 7.91. The van der Waals surface area contributed by atoms with Crippen LogP contribution in [0, 0.1) is 11.8 Å². The van der Waals surface area contributed by atoms with Crippen LogP contribution in [0.3, 0.4) is 0 Å². The highest BCUT2D eigenvalue weighted by Crippen LogP contribution is 2.25. The molecule has 2 N–H and O–H groups in total. The Morgan fingerprint density at radius 2 is 1.63 bits per heavy atom. The number of hydrogen-bond donors (Lipinski definition) is 1. The first kappa shape index (κ1) is 23.1. The van der Waals surface area contributed by atoms with Crippen molar-refractivity contribution in [3.05, 3.63) is 70.5 Å². The molecule has 1 atom stereocenters. The highest BCUT2D eigenvalue weighted by molar-refractivity contribution is 5.81. The van der Waals surface area contributed by atoms with Gasteiger partial charge in [-0.3, -0.25) is 19.0 Å². The fourth-order valence-corrected chi connectivity index (χ4v) is 5.32. The van der Waals surface area contributed by atoms with E-state index in [1.165, 1.54) is 0 Å². The number of piperidine rings is 2. The predicted octanol–water partition coefficient (Wildman–Crippen LogP) is 2.39. The molecule has 2 aliphatic rings. The maximum absolute atomic E-state index is 13.7. The second-order valence-corrected chi connectivity index (χ2v) is 9.59. The molecular formula is C27H31N5O3. The van der Waals surface area contributed by atoms with E-state index in [0.29, 0.717) is 51.4 Å². The van der Waals surface area contributed by atoms with Crippen LogP contribution in [0.15, 0.2) is 59.4 Å². The van der Waals surface area contributed by atoms with Crippen LogP contribution in [0.5, 0.6) is 0 Å². The van der Waals surface area contributed by atoms with E-state index in [1.54, 1.807) is 4.57 Å². The lowest BCUT2D eigenvalue weighted by molar-refractivity contribution is -0.138. The molecule has 0 bridgehead atoms. The van der Waals surface area contributed by atoms with E-state index < -0.39 is 0 Å². The average molecular weight is 474 g/mol. The number of nitrogens with zero attached hydrogens (tertiary/aromatic N) is 4. The summed E-state index contributed by atoms with van der Waals surface area (Å²) in [5.74, 6) is -0.112. The summed E-state index contributed by atoms with van der Waals surface area (Å²) in [6.07, 6.45) is 2.85. The van der Waals surface area contributed by atoms with Crippen LogP contribution in [0.2, 0.25) is 0 Å². The number of likely N-dealkylation sites (tertiary alicyclic amines) is 1. The van der Waals surface area contributed by atoms with E-state index in [4.69, 9.17) is 10.7 Å². The number of benzene rings is 2. The van der Waals surface area contributed by atoms with Crippen molar-refractivity contribution >= 4 is 28.7 Å². The number of anilines is 1. The molecule has 2 saturated heterocycles. The molecular weight excluding hydrogens is 442 g/mol. The summed E-state index contributed by atoms with van der Waals surface area (Å²) in [6, 6.07) is 17.6. The zero-order valence-corrected chi connectivity index (χ0v) is 19.8. The molecule has 2 fully saturated rings. The first-order chi connectivity index (χ1) is 17.0. The Kier molecular flexibility index (Phi) is 6.53. The van der Waals surface area contributed by atoms with Gasteiger partial charge in [-0.2, -0.15) is 0 Å². The second-order valence-electron chi connectivity index (χ2n) is 9.59. The number of primary amides is 1. The third-order valence-corrected chi connectivity index (χ3v) is 7.30. The van der Waals surface area contributed by atoms with Gasteiger partial charge in [0.15, 0.2) is 5.82 Å². The van der Waals surface area contributed by atoms with E-state index in [9.17, 15) is 14.4 Å². The molecule has 0 unspecified atom stereocenters. The number of rotatable bonds is 5. The van der Waals surface area contributed by atoms with E-state index in [-0.39, 0.29) is 29.2 Å². The first-order valence-corrected chi connectivity index (χ1v) is 12.4. The molecule has 2 aliphatic heterocycles. The van der Waals surface area contributed by atoms with Crippen LogP contribution < -0.4 is 16.2 Å². The highest BCUT2D eigenvalue weighted by Gasteiger charge is 2.33. The van der Waals surface area contributed by atoms with Gasteiger partial charge in [0.1, 0.15) is 0 Å². The van der Waals surface area contributed by atoms with Crippen molar-refractivity contribution < 1.29 is 9.59 Å². The number of hydrogen-bond acceptors (Lipinski definition) is 5. The van der Waals surface area contributed by atoms with E-state index in [1.807, 2.05) is 64.4 Å². The van der Waals surface area contributed by atoms with Gasteiger partial charge in [0.2, 0.25) is 11.8 Å². The van der Waals surface area contributed by atoms with Gasteiger partial charge in [0.05, 0.1) is 23.5 Å². The van der Waals surface area contributed by atoms with Crippen molar-refractivity contribution in [1.29, 1.82) is 0 Å². The molecule has 3 heterocycles. The monoisotopic (exact) mass is 473 g/mol. The number of para-hydroxylation sites is 2. The molecule has 0 saturated carbocycles. The Morgan fingerprint density at radius 3 is 2.37 bits per heavy atom. The molecule has 2 aromatic carbocycles. The first-order valence-electron chi connectivity index (χ1n) is 12.4. The Hall–Kier alpha value is -3.68. The van der Waals surface area contributed by atoms with Gasteiger partial charge in [-0.05, 0) is 43.4 Å². The number of aromatic nitrogens is 2. The molecule has 8 nitrogen and oxygen atoms in total.